The average Bonchev–Trinajstić information content (AvgIpc) is 2.59. The lowest BCUT2D eigenvalue weighted by molar-refractivity contribution is -0.140. The van der Waals surface area contributed by atoms with Crippen molar-refractivity contribution < 1.29 is 14.3 Å². The molecule has 0 aromatic rings. The molecule has 144 valence electrons. The third-order valence-corrected chi connectivity index (χ3v) is 5.25. The standard InChI is InChI=1S/C19H35N3O3/c1-6-16-9-7-8-10-22(16)17(23)15(2)20-11-13-21(14-12-20)18(24)25-19(3,4)5/h15-16H,6-14H2,1-5H3. The number of hydrogen-bond donors (Lipinski definition) is 0. The molecule has 6 heteroatoms. The van der Waals surface area contributed by atoms with Gasteiger partial charge in [-0.15, -0.1) is 0 Å². The van der Waals surface area contributed by atoms with Crippen LogP contribution in [0.4, 0.5) is 4.79 Å². The predicted octanol–water partition coefficient (Wildman–Crippen LogP) is 2.72. The molecule has 25 heavy (non-hydrogen) atoms. The molecule has 2 aliphatic rings. The van der Waals surface area contributed by atoms with Crippen molar-refractivity contribution >= 4 is 12.0 Å². The summed E-state index contributed by atoms with van der Waals surface area (Å²) >= 11 is 0. The van der Waals surface area contributed by atoms with Crippen molar-refractivity contribution in [2.24, 2.45) is 0 Å². The molecule has 2 aliphatic heterocycles. The van der Waals surface area contributed by atoms with E-state index >= 15 is 0 Å². The van der Waals surface area contributed by atoms with Crippen LogP contribution in [0.25, 0.3) is 0 Å². The van der Waals surface area contributed by atoms with Crippen LogP contribution in [-0.2, 0) is 9.53 Å². The number of rotatable bonds is 3. The van der Waals surface area contributed by atoms with Gasteiger partial charge in [0.2, 0.25) is 5.91 Å². The Morgan fingerprint density at radius 1 is 1.08 bits per heavy atom. The molecule has 2 rings (SSSR count). The normalized spacial score (nSPS) is 24.1. The first kappa shape index (κ1) is 20.0. The van der Waals surface area contributed by atoms with E-state index in [0.29, 0.717) is 19.1 Å². The second-order valence-corrected chi connectivity index (χ2v) is 8.27. The second kappa shape index (κ2) is 8.39. The highest BCUT2D eigenvalue weighted by Gasteiger charge is 2.34. The summed E-state index contributed by atoms with van der Waals surface area (Å²) in [6.07, 6.45) is 4.24. The summed E-state index contributed by atoms with van der Waals surface area (Å²) in [7, 11) is 0. The molecule has 6 nitrogen and oxygen atoms in total. The van der Waals surface area contributed by atoms with Gasteiger partial charge < -0.3 is 14.5 Å². The molecule has 2 amide bonds. The van der Waals surface area contributed by atoms with Crippen molar-refractivity contribution in [2.75, 3.05) is 32.7 Å². The fourth-order valence-electron chi connectivity index (χ4n) is 3.73. The van der Waals surface area contributed by atoms with Crippen molar-refractivity contribution in [2.45, 2.75) is 78.0 Å². The molecule has 2 unspecified atom stereocenters. The van der Waals surface area contributed by atoms with Gasteiger partial charge in [0.05, 0.1) is 6.04 Å². The van der Waals surface area contributed by atoms with Crippen molar-refractivity contribution in [3.05, 3.63) is 0 Å². The summed E-state index contributed by atoms with van der Waals surface area (Å²) in [6.45, 7) is 13.4. The Hall–Kier alpha value is -1.30. The highest BCUT2D eigenvalue weighted by molar-refractivity contribution is 5.82. The van der Waals surface area contributed by atoms with Gasteiger partial charge in [0.15, 0.2) is 0 Å². The fraction of sp³-hybridized carbons (Fsp3) is 0.895. The Balaban J connectivity index is 1.87. The Morgan fingerprint density at radius 3 is 2.28 bits per heavy atom. The van der Waals surface area contributed by atoms with Crippen molar-refractivity contribution in [3.63, 3.8) is 0 Å². The first-order valence-electron chi connectivity index (χ1n) is 9.75. The van der Waals surface area contributed by atoms with Crippen LogP contribution in [0.2, 0.25) is 0 Å². The van der Waals surface area contributed by atoms with E-state index in [1.807, 2.05) is 27.7 Å². The summed E-state index contributed by atoms with van der Waals surface area (Å²) in [5, 5.41) is 0. The third kappa shape index (κ3) is 5.33. The van der Waals surface area contributed by atoms with E-state index in [4.69, 9.17) is 4.74 Å². The maximum atomic E-state index is 12.9. The molecule has 2 fully saturated rings. The quantitative estimate of drug-likeness (QED) is 0.783. The predicted molar refractivity (Wildman–Crippen MR) is 98.5 cm³/mol. The van der Waals surface area contributed by atoms with Crippen LogP contribution in [0, 0.1) is 0 Å². The zero-order valence-corrected chi connectivity index (χ0v) is 16.6. The van der Waals surface area contributed by atoms with Gasteiger partial charge in [-0.3, -0.25) is 9.69 Å². The van der Waals surface area contributed by atoms with Crippen LogP contribution >= 0.6 is 0 Å². The minimum atomic E-state index is -0.471. The summed E-state index contributed by atoms with van der Waals surface area (Å²) in [5.74, 6) is 0.247. The Labute approximate surface area is 152 Å². The van der Waals surface area contributed by atoms with Crippen molar-refractivity contribution in [3.8, 4) is 0 Å². The summed E-state index contributed by atoms with van der Waals surface area (Å²) in [6, 6.07) is 0.277. The van der Waals surface area contributed by atoms with Gasteiger partial charge in [0.25, 0.3) is 0 Å². The van der Waals surface area contributed by atoms with Crippen LogP contribution in [0.5, 0.6) is 0 Å². The maximum absolute atomic E-state index is 12.9. The molecule has 0 N–H and O–H groups in total. The average molecular weight is 354 g/mol. The van der Waals surface area contributed by atoms with E-state index in [0.717, 1.165) is 38.9 Å². The lowest BCUT2D eigenvalue weighted by Crippen LogP contribution is -2.57. The molecule has 0 aromatic heterocycles. The summed E-state index contributed by atoms with van der Waals surface area (Å²) in [4.78, 5) is 31.1. The first-order chi connectivity index (χ1) is 11.7. The van der Waals surface area contributed by atoms with Crippen molar-refractivity contribution in [1.82, 2.24) is 14.7 Å². The van der Waals surface area contributed by atoms with E-state index in [1.54, 1.807) is 4.90 Å². The number of hydrogen-bond acceptors (Lipinski definition) is 4. The molecule has 0 saturated carbocycles. The minimum Gasteiger partial charge on any atom is -0.444 e. The molecular formula is C19H35N3O3. The van der Waals surface area contributed by atoms with Gasteiger partial charge in [-0.25, -0.2) is 4.79 Å². The molecule has 0 aliphatic carbocycles. The summed E-state index contributed by atoms with van der Waals surface area (Å²) in [5.41, 5.74) is -0.471. The summed E-state index contributed by atoms with van der Waals surface area (Å²) < 4.78 is 5.44. The molecule has 2 saturated heterocycles. The van der Waals surface area contributed by atoms with Gasteiger partial charge in [-0.1, -0.05) is 6.92 Å². The van der Waals surface area contributed by atoms with E-state index < -0.39 is 5.60 Å². The van der Waals surface area contributed by atoms with Crippen LogP contribution in [-0.4, -0.2) is 77.1 Å². The van der Waals surface area contributed by atoms with Crippen LogP contribution in [0.3, 0.4) is 0 Å². The monoisotopic (exact) mass is 353 g/mol. The number of carbonyl (C=O) groups excluding carboxylic acids is 2. The molecule has 0 spiro atoms. The van der Waals surface area contributed by atoms with E-state index in [2.05, 4.69) is 16.7 Å². The largest absolute Gasteiger partial charge is 0.444 e. The first-order valence-corrected chi connectivity index (χ1v) is 9.75. The number of amides is 2. The number of nitrogens with zero attached hydrogens (tertiary/aromatic N) is 3. The fourth-order valence-corrected chi connectivity index (χ4v) is 3.73. The van der Waals surface area contributed by atoms with Gasteiger partial charge in [-0.05, 0) is 53.4 Å². The number of piperidine rings is 1. The van der Waals surface area contributed by atoms with E-state index in [9.17, 15) is 9.59 Å². The zero-order chi connectivity index (χ0) is 18.6. The van der Waals surface area contributed by atoms with Crippen LogP contribution in [0.15, 0.2) is 0 Å². The molecule has 2 heterocycles. The highest BCUT2D eigenvalue weighted by atomic mass is 16.6. The maximum Gasteiger partial charge on any atom is 0.410 e. The van der Waals surface area contributed by atoms with Gasteiger partial charge >= 0.3 is 6.09 Å². The lowest BCUT2D eigenvalue weighted by atomic mass is 9.99. The van der Waals surface area contributed by atoms with E-state index in [1.165, 1.54) is 6.42 Å². The van der Waals surface area contributed by atoms with Gasteiger partial charge in [-0.2, -0.15) is 0 Å². The molecule has 0 bridgehead atoms. The van der Waals surface area contributed by atoms with E-state index in [-0.39, 0.29) is 18.0 Å². The number of likely N-dealkylation sites (tertiary alicyclic amines) is 1. The number of ether oxygens (including phenoxy) is 1. The Morgan fingerprint density at radius 2 is 1.72 bits per heavy atom. The van der Waals surface area contributed by atoms with Gasteiger partial charge in [0.1, 0.15) is 5.60 Å². The van der Waals surface area contributed by atoms with Crippen molar-refractivity contribution in [1.29, 1.82) is 0 Å². The third-order valence-electron chi connectivity index (χ3n) is 5.25. The molecule has 2 atom stereocenters. The number of piperazine rings is 1. The zero-order valence-electron chi connectivity index (χ0n) is 16.6. The Bertz CT molecular complexity index is 467. The van der Waals surface area contributed by atoms with Crippen LogP contribution in [0.1, 0.15) is 60.3 Å². The molecular weight excluding hydrogens is 318 g/mol. The SMILES string of the molecule is CCC1CCCCN1C(=O)C(C)N1CCN(C(=O)OC(C)(C)C)CC1. The molecule has 0 radical (unpaired) electrons. The Kier molecular flexibility index (Phi) is 6.72. The minimum absolute atomic E-state index is 0.118. The smallest absolute Gasteiger partial charge is 0.410 e. The second-order valence-electron chi connectivity index (χ2n) is 8.27. The van der Waals surface area contributed by atoms with Gasteiger partial charge in [0, 0.05) is 38.8 Å². The topological polar surface area (TPSA) is 53.1 Å². The van der Waals surface area contributed by atoms with Crippen LogP contribution < -0.4 is 0 Å². The lowest BCUT2D eigenvalue weighted by Gasteiger charge is -2.42. The highest BCUT2D eigenvalue weighted by Crippen LogP contribution is 2.22. The number of carbonyl (C=O) groups is 2. The molecule has 0 aromatic carbocycles.